The lowest BCUT2D eigenvalue weighted by molar-refractivity contribution is -0.188. The Labute approximate surface area is 112 Å². The van der Waals surface area contributed by atoms with Gasteiger partial charge in [-0.15, -0.1) is 0 Å². The molecule has 0 unspecified atom stereocenters. The van der Waals surface area contributed by atoms with E-state index in [0.29, 0.717) is 29.4 Å². The van der Waals surface area contributed by atoms with Crippen molar-refractivity contribution in [3.8, 4) is 0 Å². The van der Waals surface area contributed by atoms with Crippen molar-refractivity contribution < 1.29 is 19.4 Å². The molecule has 2 aliphatic carbocycles. The predicted molar refractivity (Wildman–Crippen MR) is 67.0 cm³/mol. The van der Waals surface area contributed by atoms with Crippen LogP contribution in [0.15, 0.2) is 23.3 Å². The average molecular weight is 262 g/mol. The molecular formula is C15H18O4. The number of allylic oxidation sites excluding steroid dienone is 1. The molecule has 3 fully saturated rings. The van der Waals surface area contributed by atoms with Gasteiger partial charge in [-0.05, 0) is 44.9 Å². The lowest BCUT2D eigenvalue weighted by Gasteiger charge is -2.24. The van der Waals surface area contributed by atoms with Crippen LogP contribution < -0.4 is 0 Å². The van der Waals surface area contributed by atoms with Gasteiger partial charge >= 0.3 is 5.97 Å². The number of carbonyl (C=O) groups excluding carboxylic acids is 1. The summed E-state index contributed by atoms with van der Waals surface area (Å²) in [6, 6.07) is 0. The van der Waals surface area contributed by atoms with Crippen molar-refractivity contribution in [3.05, 3.63) is 23.3 Å². The van der Waals surface area contributed by atoms with Crippen LogP contribution in [0.2, 0.25) is 0 Å². The molecule has 0 aromatic carbocycles. The van der Waals surface area contributed by atoms with Crippen molar-refractivity contribution in [1.29, 1.82) is 0 Å². The zero-order valence-electron chi connectivity index (χ0n) is 11.2. The molecule has 4 rings (SSSR count). The molecule has 5 atom stereocenters. The van der Waals surface area contributed by atoms with Gasteiger partial charge in [-0.3, -0.25) is 0 Å². The third-order valence-corrected chi connectivity index (χ3v) is 5.58. The Morgan fingerprint density at radius 2 is 2.21 bits per heavy atom. The average Bonchev–Trinajstić information content (AvgIpc) is 2.85. The molecular weight excluding hydrogens is 244 g/mol. The van der Waals surface area contributed by atoms with Gasteiger partial charge in [0.2, 0.25) is 0 Å². The standard InChI is InChI=1S/C15H18O4/c1-7-4-5-10-9(7)6-11-8(2)12(16)18-15(11,17)13-14(10,3)19-13/h9-10,13,17H,1,4-6H2,2-3H3/t9-,10-,13-,14-,15-/m0/s1. The highest BCUT2D eigenvalue weighted by atomic mass is 16.7. The quantitative estimate of drug-likeness (QED) is 0.410. The number of hydrogen-bond donors (Lipinski definition) is 1. The molecule has 102 valence electrons. The molecule has 4 heteroatoms. The molecule has 2 aliphatic heterocycles. The molecule has 1 N–H and O–H groups in total. The van der Waals surface area contributed by atoms with E-state index in [0.717, 1.165) is 12.8 Å². The van der Waals surface area contributed by atoms with E-state index < -0.39 is 17.9 Å². The number of epoxide rings is 1. The second-order valence-electron chi connectivity index (χ2n) is 6.49. The number of ether oxygens (including phenoxy) is 2. The van der Waals surface area contributed by atoms with Crippen molar-refractivity contribution in [1.82, 2.24) is 0 Å². The largest absolute Gasteiger partial charge is 0.423 e. The molecule has 4 nitrogen and oxygen atoms in total. The highest BCUT2D eigenvalue weighted by molar-refractivity contribution is 5.92. The first-order valence-corrected chi connectivity index (χ1v) is 6.89. The SMILES string of the molecule is C=C1CC[C@H]2[C@H]1CC1=C(C)C(=O)O[C@]1(O)[C@H]1O[C@@]21C. The van der Waals surface area contributed by atoms with E-state index in [9.17, 15) is 9.90 Å². The van der Waals surface area contributed by atoms with Crippen LogP contribution in [0.1, 0.15) is 33.1 Å². The maximum Gasteiger partial charge on any atom is 0.336 e. The Kier molecular flexibility index (Phi) is 1.92. The van der Waals surface area contributed by atoms with E-state index in [1.165, 1.54) is 5.57 Å². The van der Waals surface area contributed by atoms with Crippen molar-refractivity contribution >= 4 is 5.97 Å². The third-order valence-electron chi connectivity index (χ3n) is 5.58. The van der Waals surface area contributed by atoms with Gasteiger partial charge in [-0.1, -0.05) is 12.2 Å². The van der Waals surface area contributed by atoms with Gasteiger partial charge in [0.15, 0.2) is 6.10 Å². The van der Waals surface area contributed by atoms with E-state index in [2.05, 4.69) is 6.58 Å². The summed E-state index contributed by atoms with van der Waals surface area (Å²) in [7, 11) is 0. The number of hydrogen-bond acceptors (Lipinski definition) is 4. The highest BCUT2D eigenvalue weighted by Crippen LogP contribution is 2.63. The van der Waals surface area contributed by atoms with E-state index in [-0.39, 0.29) is 5.60 Å². The first-order chi connectivity index (χ1) is 8.88. The second kappa shape index (κ2) is 3.13. The van der Waals surface area contributed by atoms with Crippen LogP contribution in [-0.4, -0.2) is 28.6 Å². The second-order valence-corrected chi connectivity index (χ2v) is 6.49. The summed E-state index contributed by atoms with van der Waals surface area (Å²) in [4.78, 5) is 11.8. The summed E-state index contributed by atoms with van der Waals surface area (Å²) < 4.78 is 11.1. The Morgan fingerprint density at radius 1 is 1.47 bits per heavy atom. The van der Waals surface area contributed by atoms with E-state index in [1.54, 1.807) is 6.92 Å². The first kappa shape index (κ1) is 11.7. The first-order valence-electron chi connectivity index (χ1n) is 6.89. The maximum absolute atomic E-state index is 11.8. The molecule has 19 heavy (non-hydrogen) atoms. The molecule has 0 aromatic heterocycles. The smallest absolute Gasteiger partial charge is 0.336 e. The normalized spacial score (nSPS) is 51.4. The monoisotopic (exact) mass is 262 g/mol. The van der Waals surface area contributed by atoms with Gasteiger partial charge in [-0.25, -0.2) is 4.79 Å². The van der Waals surface area contributed by atoms with Crippen molar-refractivity contribution in [3.63, 3.8) is 0 Å². The molecule has 0 amide bonds. The zero-order chi connectivity index (χ0) is 13.6. The molecule has 0 aromatic rings. The Morgan fingerprint density at radius 3 is 2.95 bits per heavy atom. The van der Waals surface area contributed by atoms with E-state index in [4.69, 9.17) is 9.47 Å². The fraction of sp³-hybridized carbons (Fsp3) is 0.667. The zero-order valence-corrected chi connectivity index (χ0v) is 11.2. The summed E-state index contributed by atoms with van der Waals surface area (Å²) >= 11 is 0. The van der Waals surface area contributed by atoms with E-state index in [1.807, 2.05) is 6.92 Å². The molecule has 1 saturated heterocycles. The summed E-state index contributed by atoms with van der Waals surface area (Å²) in [6.07, 6.45) is 2.32. The van der Waals surface area contributed by atoms with Crippen LogP contribution in [0.4, 0.5) is 0 Å². The predicted octanol–water partition coefficient (Wildman–Crippen LogP) is 1.69. The van der Waals surface area contributed by atoms with Gasteiger partial charge in [0, 0.05) is 11.1 Å². The van der Waals surface area contributed by atoms with Crippen LogP contribution in [0.3, 0.4) is 0 Å². The Hall–Kier alpha value is -1.13. The van der Waals surface area contributed by atoms with Crippen molar-refractivity contribution in [2.75, 3.05) is 0 Å². The molecule has 0 radical (unpaired) electrons. The van der Waals surface area contributed by atoms with Crippen molar-refractivity contribution in [2.45, 2.75) is 50.6 Å². The maximum atomic E-state index is 11.8. The summed E-state index contributed by atoms with van der Waals surface area (Å²) in [6.45, 7) is 7.91. The minimum Gasteiger partial charge on any atom is -0.423 e. The highest BCUT2D eigenvalue weighted by Gasteiger charge is 2.74. The molecule has 2 saturated carbocycles. The topological polar surface area (TPSA) is 59.1 Å². The molecule has 4 aliphatic rings. The minimum atomic E-state index is -1.54. The van der Waals surface area contributed by atoms with Crippen LogP contribution >= 0.6 is 0 Å². The van der Waals surface area contributed by atoms with Crippen LogP contribution in [0.5, 0.6) is 0 Å². The Bertz CT molecular complexity index is 548. The van der Waals surface area contributed by atoms with Gasteiger partial charge in [0.05, 0.1) is 0 Å². The van der Waals surface area contributed by atoms with E-state index >= 15 is 0 Å². The number of fused-ring (bicyclic) bond motifs is 5. The number of carbonyl (C=O) groups is 1. The lowest BCUT2D eigenvalue weighted by atomic mass is 9.82. The van der Waals surface area contributed by atoms with Gasteiger partial charge in [0.25, 0.3) is 5.79 Å². The van der Waals surface area contributed by atoms with Crippen LogP contribution in [-0.2, 0) is 14.3 Å². The number of rotatable bonds is 0. The molecule has 2 heterocycles. The molecule has 0 bridgehead atoms. The number of aliphatic hydroxyl groups is 1. The van der Waals surface area contributed by atoms with Gasteiger partial charge < -0.3 is 14.6 Å². The fourth-order valence-corrected chi connectivity index (χ4v) is 4.36. The molecule has 0 spiro atoms. The lowest BCUT2D eigenvalue weighted by Crippen LogP contribution is -2.41. The minimum absolute atomic E-state index is 0.295. The summed E-state index contributed by atoms with van der Waals surface area (Å²) in [5, 5.41) is 10.8. The Balaban J connectivity index is 1.87. The van der Waals surface area contributed by atoms with Gasteiger partial charge in [-0.2, -0.15) is 0 Å². The van der Waals surface area contributed by atoms with Crippen molar-refractivity contribution in [2.24, 2.45) is 11.8 Å². The van der Waals surface area contributed by atoms with Gasteiger partial charge in [0.1, 0.15) is 5.60 Å². The third kappa shape index (κ3) is 1.20. The summed E-state index contributed by atoms with van der Waals surface area (Å²) in [5.41, 5.74) is 2.08. The number of esters is 1. The summed E-state index contributed by atoms with van der Waals surface area (Å²) in [5.74, 6) is -1.29. The fourth-order valence-electron chi connectivity index (χ4n) is 4.36. The van der Waals surface area contributed by atoms with Crippen LogP contribution in [0.25, 0.3) is 0 Å². The van der Waals surface area contributed by atoms with Crippen LogP contribution in [0, 0.1) is 11.8 Å².